The Morgan fingerprint density at radius 1 is 1.64 bits per heavy atom. The maximum Gasteiger partial charge on any atom is 0.142 e. The van der Waals surface area contributed by atoms with Gasteiger partial charge in [0, 0.05) is 13.7 Å². The fourth-order valence-electron chi connectivity index (χ4n) is 1.38. The molecule has 0 aromatic heterocycles. The highest BCUT2D eigenvalue weighted by atomic mass is 16.6. The van der Waals surface area contributed by atoms with Crippen LogP contribution in [-0.2, 0) is 14.2 Å². The van der Waals surface area contributed by atoms with Gasteiger partial charge in [0.15, 0.2) is 0 Å². The second-order valence-corrected chi connectivity index (χ2v) is 2.73. The molecule has 0 aliphatic carbocycles. The average Bonchev–Trinajstić information content (AvgIpc) is 2.34. The summed E-state index contributed by atoms with van der Waals surface area (Å²) < 4.78 is 16.0. The molecule has 0 aromatic carbocycles. The van der Waals surface area contributed by atoms with Crippen LogP contribution in [0.25, 0.3) is 0 Å². The Labute approximate surface area is 68.4 Å². The maximum absolute atomic E-state index is 5.47. The zero-order valence-corrected chi connectivity index (χ0v) is 7.37. The summed E-state index contributed by atoms with van der Waals surface area (Å²) in [6.07, 6.45) is 0.231. The molecule has 0 bridgehead atoms. The molecular weight excluding hydrogens is 143 g/mol. The van der Waals surface area contributed by atoms with Crippen molar-refractivity contribution < 1.29 is 14.2 Å². The first-order valence-corrected chi connectivity index (χ1v) is 4.05. The summed E-state index contributed by atoms with van der Waals surface area (Å²) in [6.45, 7) is 3.36. The van der Waals surface area contributed by atoms with Gasteiger partial charge in [-0.1, -0.05) is 0 Å². The minimum Gasteiger partial charge on any atom is -0.382 e. The standard InChI is InChI=1S/C7H15BO3/c1-3-10-6-5(9-2)4-11-7(6)8/h5-7H,3-4,8H2,1-2H3/t5?,6?,7-/m1/s1. The van der Waals surface area contributed by atoms with Crippen LogP contribution in [0.2, 0.25) is 0 Å². The van der Waals surface area contributed by atoms with E-state index in [2.05, 4.69) is 0 Å². The molecule has 64 valence electrons. The van der Waals surface area contributed by atoms with E-state index in [0.29, 0.717) is 6.61 Å². The third kappa shape index (κ3) is 1.95. The molecule has 1 heterocycles. The van der Waals surface area contributed by atoms with E-state index in [1.165, 1.54) is 0 Å². The van der Waals surface area contributed by atoms with Gasteiger partial charge in [-0.05, 0) is 6.92 Å². The van der Waals surface area contributed by atoms with Crippen molar-refractivity contribution in [3.63, 3.8) is 0 Å². The summed E-state index contributed by atoms with van der Waals surface area (Å²) >= 11 is 0. The van der Waals surface area contributed by atoms with Crippen molar-refractivity contribution in [2.24, 2.45) is 0 Å². The van der Waals surface area contributed by atoms with Gasteiger partial charge in [-0.3, -0.25) is 0 Å². The quantitative estimate of drug-likeness (QED) is 0.513. The summed E-state index contributed by atoms with van der Waals surface area (Å²) in [4.78, 5) is 0. The number of methoxy groups -OCH3 is 1. The van der Waals surface area contributed by atoms with Crippen LogP contribution >= 0.6 is 0 Å². The SMILES string of the molecule is B[C@@H]1OCC(OC)C1OCC. The van der Waals surface area contributed by atoms with Gasteiger partial charge in [-0.2, -0.15) is 0 Å². The highest BCUT2D eigenvalue weighted by Crippen LogP contribution is 2.17. The summed E-state index contributed by atoms with van der Waals surface area (Å²) in [5.74, 6) is 0. The lowest BCUT2D eigenvalue weighted by Gasteiger charge is -2.18. The fraction of sp³-hybridized carbons (Fsp3) is 1.00. The molecule has 1 rings (SSSR count). The summed E-state index contributed by atoms with van der Waals surface area (Å²) in [5, 5.41) is 0. The second kappa shape index (κ2) is 4.09. The van der Waals surface area contributed by atoms with Gasteiger partial charge in [0.05, 0.1) is 12.6 Å². The number of hydrogen-bond acceptors (Lipinski definition) is 3. The Bertz CT molecular complexity index is 120. The second-order valence-electron chi connectivity index (χ2n) is 2.73. The maximum atomic E-state index is 5.47. The number of rotatable bonds is 3. The van der Waals surface area contributed by atoms with Crippen molar-refractivity contribution in [3.8, 4) is 0 Å². The van der Waals surface area contributed by atoms with Gasteiger partial charge < -0.3 is 14.2 Å². The monoisotopic (exact) mass is 158 g/mol. The van der Waals surface area contributed by atoms with Crippen LogP contribution in [0.1, 0.15) is 6.92 Å². The van der Waals surface area contributed by atoms with Crippen molar-refractivity contribution in [2.45, 2.75) is 25.1 Å². The predicted molar refractivity (Wildman–Crippen MR) is 44.5 cm³/mol. The molecular formula is C7H15BO3. The molecule has 1 aliphatic rings. The average molecular weight is 158 g/mol. The van der Waals surface area contributed by atoms with Crippen LogP contribution in [0.15, 0.2) is 0 Å². The van der Waals surface area contributed by atoms with E-state index >= 15 is 0 Å². The molecule has 0 amide bonds. The van der Waals surface area contributed by atoms with Gasteiger partial charge in [0.2, 0.25) is 0 Å². The zero-order valence-electron chi connectivity index (χ0n) is 7.37. The molecule has 1 aliphatic heterocycles. The molecule has 0 radical (unpaired) electrons. The highest BCUT2D eigenvalue weighted by Gasteiger charge is 2.34. The van der Waals surface area contributed by atoms with Crippen molar-refractivity contribution >= 4 is 7.85 Å². The largest absolute Gasteiger partial charge is 0.382 e. The first-order chi connectivity index (χ1) is 5.29. The van der Waals surface area contributed by atoms with E-state index in [4.69, 9.17) is 14.2 Å². The summed E-state index contributed by atoms with van der Waals surface area (Å²) in [5.41, 5.74) is 0. The topological polar surface area (TPSA) is 27.7 Å². The highest BCUT2D eigenvalue weighted by molar-refractivity contribution is 6.11. The molecule has 0 saturated carbocycles. The smallest absolute Gasteiger partial charge is 0.142 e. The number of ether oxygens (including phenoxy) is 3. The van der Waals surface area contributed by atoms with E-state index in [1.807, 2.05) is 14.8 Å². The van der Waals surface area contributed by atoms with Gasteiger partial charge in [0.25, 0.3) is 0 Å². The van der Waals surface area contributed by atoms with Gasteiger partial charge in [-0.25, -0.2) is 0 Å². The van der Waals surface area contributed by atoms with Crippen LogP contribution in [-0.4, -0.2) is 46.4 Å². The van der Waals surface area contributed by atoms with E-state index in [9.17, 15) is 0 Å². The minimum atomic E-state index is 0.116. The van der Waals surface area contributed by atoms with Crippen LogP contribution in [0.4, 0.5) is 0 Å². The molecule has 3 atom stereocenters. The molecule has 4 heteroatoms. The van der Waals surface area contributed by atoms with E-state index < -0.39 is 0 Å². The van der Waals surface area contributed by atoms with Crippen LogP contribution < -0.4 is 0 Å². The van der Waals surface area contributed by atoms with Gasteiger partial charge in [0.1, 0.15) is 20.1 Å². The Balaban J connectivity index is 2.42. The fourth-order valence-corrected chi connectivity index (χ4v) is 1.38. The van der Waals surface area contributed by atoms with E-state index in [1.54, 1.807) is 7.11 Å². The Kier molecular flexibility index (Phi) is 3.36. The van der Waals surface area contributed by atoms with Gasteiger partial charge in [-0.15, -0.1) is 0 Å². The summed E-state index contributed by atoms with van der Waals surface area (Å²) in [7, 11) is 3.71. The molecule has 3 nitrogen and oxygen atoms in total. The lowest BCUT2D eigenvalue weighted by Crippen LogP contribution is -2.34. The van der Waals surface area contributed by atoms with Crippen molar-refractivity contribution in [1.82, 2.24) is 0 Å². The Morgan fingerprint density at radius 3 is 2.91 bits per heavy atom. The third-order valence-electron chi connectivity index (χ3n) is 2.01. The van der Waals surface area contributed by atoms with Crippen LogP contribution in [0.5, 0.6) is 0 Å². The van der Waals surface area contributed by atoms with Crippen molar-refractivity contribution in [3.05, 3.63) is 0 Å². The van der Waals surface area contributed by atoms with Crippen LogP contribution in [0, 0.1) is 0 Å². The molecule has 11 heavy (non-hydrogen) atoms. The minimum absolute atomic E-state index is 0.116. The van der Waals surface area contributed by atoms with Crippen LogP contribution in [0.3, 0.4) is 0 Å². The van der Waals surface area contributed by atoms with E-state index in [0.717, 1.165) is 6.61 Å². The van der Waals surface area contributed by atoms with Crippen molar-refractivity contribution in [2.75, 3.05) is 20.3 Å². The molecule has 0 spiro atoms. The molecule has 0 aromatic rings. The molecule has 1 fully saturated rings. The molecule has 1 saturated heterocycles. The lowest BCUT2D eigenvalue weighted by molar-refractivity contribution is -0.0292. The van der Waals surface area contributed by atoms with Crippen molar-refractivity contribution in [1.29, 1.82) is 0 Å². The van der Waals surface area contributed by atoms with Gasteiger partial charge >= 0.3 is 0 Å². The first kappa shape index (κ1) is 9.04. The number of hydrogen-bond donors (Lipinski definition) is 0. The van der Waals surface area contributed by atoms with E-state index in [-0.39, 0.29) is 18.2 Å². The zero-order chi connectivity index (χ0) is 8.27. The first-order valence-electron chi connectivity index (χ1n) is 4.05. The Morgan fingerprint density at radius 2 is 2.36 bits per heavy atom. The summed E-state index contributed by atoms with van der Waals surface area (Å²) in [6, 6.07) is 0.167. The third-order valence-corrected chi connectivity index (χ3v) is 2.01. The molecule has 2 unspecified atom stereocenters. The Hall–Kier alpha value is -0.0551. The predicted octanol–water partition coefficient (Wildman–Crippen LogP) is -0.604. The lowest BCUT2D eigenvalue weighted by atomic mass is 9.93. The normalized spacial score (nSPS) is 37.8. The molecule has 0 N–H and O–H groups in total.